The highest BCUT2D eigenvalue weighted by Crippen LogP contribution is 2.46. The van der Waals surface area contributed by atoms with Gasteiger partial charge in [0.1, 0.15) is 5.60 Å². The van der Waals surface area contributed by atoms with Crippen molar-refractivity contribution >= 4 is 0 Å². The van der Waals surface area contributed by atoms with Crippen LogP contribution in [0.4, 0.5) is 0 Å². The lowest BCUT2D eigenvalue weighted by Crippen LogP contribution is -2.38. The maximum absolute atomic E-state index is 9.68. The van der Waals surface area contributed by atoms with Gasteiger partial charge in [-0.3, -0.25) is 0 Å². The van der Waals surface area contributed by atoms with Crippen LogP contribution < -0.4 is 0 Å². The third-order valence-corrected chi connectivity index (χ3v) is 4.68. The number of aromatic nitrogens is 2. The highest BCUT2D eigenvalue weighted by molar-refractivity contribution is 5.20. The first-order chi connectivity index (χ1) is 9.30. The molecule has 1 atom stereocenters. The van der Waals surface area contributed by atoms with E-state index in [4.69, 9.17) is 4.74 Å². The van der Waals surface area contributed by atoms with Gasteiger partial charge in [0.05, 0.1) is 6.10 Å². The smallest absolute Gasteiger partial charge is 0.160 e. The normalized spacial score (nSPS) is 22.5. The standard InChI is InChI=1S/C16H26N2O2/c1-11-13(12(2)19)10-17-14(18-11)16(20-5)8-6-15(3,4)7-9-16/h10,12,19H,6-9H2,1-5H3. The van der Waals surface area contributed by atoms with Crippen LogP contribution in [0.2, 0.25) is 0 Å². The number of nitrogens with zero attached hydrogens (tertiary/aromatic N) is 2. The quantitative estimate of drug-likeness (QED) is 0.922. The Morgan fingerprint density at radius 3 is 2.30 bits per heavy atom. The van der Waals surface area contributed by atoms with E-state index in [1.807, 2.05) is 6.92 Å². The molecule has 1 saturated carbocycles. The Balaban J connectivity index is 2.31. The molecule has 1 aromatic heterocycles. The minimum atomic E-state index is -0.534. The number of ether oxygens (including phenoxy) is 1. The fourth-order valence-corrected chi connectivity index (χ4v) is 2.96. The van der Waals surface area contributed by atoms with Crippen molar-refractivity contribution in [3.8, 4) is 0 Å². The first-order valence-electron chi connectivity index (χ1n) is 7.37. The molecule has 1 aliphatic carbocycles. The molecule has 1 fully saturated rings. The fraction of sp³-hybridized carbons (Fsp3) is 0.750. The van der Waals surface area contributed by atoms with Crippen molar-refractivity contribution < 1.29 is 9.84 Å². The molecule has 112 valence electrons. The average Bonchev–Trinajstić information content (AvgIpc) is 2.39. The van der Waals surface area contributed by atoms with Crippen molar-refractivity contribution in [2.75, 3.05) is 7.11 Å². The number of aliphatic hydroxyl groups excluding tert-OH is 1. The Morgan fingerprint density at radius 1 is 1.25 bits per heavy atom. The molecule has 1 aliphatic rings. The van der Waals surface area contributed by atoms with Gasteiger partial charge >= 0.3 is 0 Å². The van der Waals surface area contributed by atoms with Crippen LogP contribution >= 0.6 is 0 Å². The number of aryl methyl sites for hydroxylation is 1. The SMILES string of the molecule is COC1(c2ncc(C(C)O)c(C)n2)CCC(C)(C)CC1. The van der Waals surface area contributed by atoms with Gasteiger partial charge in [-0.1, -0.05) is 13.8 Å². The maximum Gasteiger partial charge on any atom is 0.160 e. The molecule has 0 spiro atoms. The van der Waals surface area contributed by atoms with Crippen molar-refractivity contribution in [1.82, 2.24) is 9.97 Å². The summed E-state index contributed by atoms with van der Waals surface area (Å²) >= 11 is 0. The van der Waals surface area contributed by atoms with Crippen LogP contribution in [0.3, 0.4) is 0 Å². The molecule has 1 unspecified atom stereocenters. The van der Waals surface area contributed by atoms with Crippen molar-refractivity contribution in [1.29, 1.82) is 0 Å². The molecule has 1 heterocycles. The molecule has 1 aromatic rings. The second-order valence-electron chi connectivity index (χ2n) is 6.77. The average molecular weight is 278 g/mol. The molecule has 0 radical (unpaired) electrons. The zero-order valence-electron chi connectivity index (χ0n) is 13.2. The summed E-state index contributed by atoms with van der Waals surface area (Å²) in [6.07, 6.45) is 5.33. The summed E-state index contributed by atoms with van der Waals surface area (Å²) in [5.41, 5.74) is 1.64. The van der Waals surface area contributed by atoms with E-state index in [2.05, 4.69) is 23.8 Å². The lowest BCUT2D eigenvalue weighted by molar-refractivity contribution is -0.0731. The number of rotatable bonds is 3. The van der Waals surface area contributed by atoms with E-state index in [-0.39, 0.29) is 5.60 Å². The van der Waals surface area contributed by atoms with Crippen LogP contribution in [0.15, 0.2) is 6.20 Å². The number of methoxy groups -OCH3 is 1. The first-order valence-corrected chi connectivity index (χ1v) is 7.37. The van der Waals surface area contributed by atoms with Gasteiger partial charge in [-0.05, 0) is 44.9 Å². The lowest BCUT2D eigenvalue weighted by atomic mass is 9.70. The van der Waals surface area contributed by atoms with Gasteiger partial charge in [-0.2, -0.15) is 0 Å². The minimum Gasteiger partial charge on any atom is -0.389 e. The third-order valence-electron chi connectivity index (χ3n) is 4.68. The molecule has 0 amide bonds. The van der Waals surface area contributed by atoms with Crippen LogP contribution in [0.1, 0.15) is 69.6 Å². The maximum atomic E-state index is 9.68. The van der Waals surface area contributed by atoms with E-state index in [0.29, 0.717) is 5.41 Å². The van der Waals surface area contributed by atoms with E-state index in [1.165, 1.54) is 0 Å². The Kier molecular flexibility index (Phi) is 4.17. The van der Waals surface area contributed by atoms with Crippen LogP contribution in [0.25, 0.3) is 0 Å². The zero-order valence-corrected chi connectivity index (χ0v) is 13.2. The number of hydrogen-bond donors (Lipinski definition) is 1. The van der Waals surface area contributed by atoms with Crippen molar-refractivity contribution in [3.05, 3.63) is 23.3 Å². The predicted octanol–water partition coefficient (Wildman–Crippen LogP) is 3.28. The van der Waals surface area contributed by atoms with E-state index < -0.39 is 6.10 Å². The largest absolute Gasteiger partial charge is 0.389 e. The minimum absolute atomic E-state index is 0.364. The molecule has 0 bridgehead atoms. The third kappa shape index (κ3) is 2.86. The second kappa shape index (κ2) is 5.41. The summed E-state index contributed by atoms with van der Waals surface area (Å²) in [5.74, 6) is 0.761. The molecule has 0 aromatic carbocycles. The van der Waals surface area contributed by atoms with Crippen LogP contribution in [0, 0.1) is 12.3 Å². The molecule has 2 rings (SSSR count). The highest BCUT2D eigenvalue weighted by atomic mass is 16.5. The van der Waals surface area contributed by atoms with E-state index in [9.17, 15) is 5.11 Å². The van der Waals surface area contributed by atoms with Crippen LogP contribution in [0.5, 0.6) is 0 Å². The molecular weight excluding hydrogens is 252 g/mol. The fourth-order valence-electron chi connectivity index (χ4n) is 2.96. The van der Waals surface area contributed by atoms with Crippen molar-refractivity contribution in [2.45, 2.75) is 65.1 Å². The Bertz CT molecular complexity index is 473. The van der Waals surface area contributed by atoms with Crippen LogP contribution in [-0.2, 0) is 10.3 Å². The van der Waals surface area contributed by atoms with Gasteiger partial charge in [-0.15, -0.1) is 0 Å². The first kappa shape index (κ1) is 15.4. The number of hydrogen-bond acceptors (Lipinski definition) is 4. The second-order valence-corrected chi connectivity index (χ2v) is 6.77. The summed E-state index contributed by atoms with van der Waals surface area (Å²) in [5, 5.41) is 9.68. The molecule has 1 N–H and O–H groups in total. The lowest BCUT2D eigenvalue weighted by Gasteiger charge is -2.41. The molecule has 0 aliphatic heterocycles. The zero-order chi connectivity index (χ0) is 15.0. The van der Waals surface area contributed by atoms with Gasteiger partial charge < -0.3 is 9.84 Å². The summed E-state index contributed by atoms with van der Waals surface area (Å²) < 4.78 is 5.83. The van der Waals surface area contributed by atoms with Crippen molar-refractivity contribution in [2.24, 2.45) is 5.41 Å². The molecule has 0 saturated heterocycles. The highest BCUT2D eigenvalue weighted by Gasteiger charge is 2.42. The molecule has 4 nitrogen and oxygen atoms in total. The molecular formula is C16H26N2O2. The van der Waals surface area contributed by atoms with Crippen molar-refractivity contribution in [3.63, 3.8) is 0 Å². The van der Waals surface area contributed by atoms with E-state index in [0.717, 1.165) is 42.8 Å². The summed E-state index contributed by atoms with van der Waals surface area (Å²) in [4.78, 5) is 9.09. The summed E-state index contributed by atoms with van der Waals surface area (Å²) in [6.45, 7) is 8.26. The van der Waals surface area contributed by atoms with E-state index >= 15 is 0 Å². The molecule has 20 heavy (non-hydrogen) atoms. The van der Waals surface area contributed by atoms with Gasteiger partial charge in [0.25, 0.3) is 0 Å². The Morgan fingerprint density at radius 2 is 1.85 bits per heavy atom. The van der Waals surface area contributed by atoms with E-state index in [1.54, 1.807) is 20.2 Å². The molecule has 4 heteroatoms. The topological polar surface area (TPSA) is 55.2 Å². The van der Waals surface area contributed by atoms with Crippen LogP contribution in [-0.4, -0.2) is 22.2 Å². The Hall–Kier alpha value is -1.00. The van der Waals surface area contributed by atoms with Gasteiger partial charge in [0.15, 0.2) is 5.82 Å². The predicted molar refractivity (Wildman–Crippen MR) is 78.3 cm³/mol. The summed E-state index contributed by atoms with van der Waals surface area (Å²) in [7, 11) is 1.75. The van der Waals surface area contributed by atoms with Gasteiger partial charge in [0, 0.05) is 24.6 Å². The summed E-state index contributed by atoms with van der Waals surface area (Å²) in [6, 6.07) is 0. The Labute approximate surface area is 121 Å². The number of aliphatic hydroxyl groups is 1. The van der Waals surface area contributed by atoms with Gasteiger partial charge in [-0.25, -0.2) is 9.97 Å². The monoisotopic (exact) mass is 278 g/mol. The van der Waals surface area contributed by atoms with Gasteiger partial charge in [0.2, 0.25) is 0 Å².